The van der Waals surface area contributed by atoms with Gasteiger partial charge in [-0.2, -0.15) is 0 Å². The molecule has 0 radical (unpaired) electrons. The molecule has 0 aromatic rings. The third kappa shape index (κ3) is 9.46. The molecule has 0 fully saturated rings. The van der Waals surface area contributed by atoms with E-state index in [1.54, 1.807) is 0 Å². The number of unbranched alkanes of at least 4 members (excludes halogenated alkanes) is 1. The Balaban J connectivity index is 3.53. The Labute approximate surface area is 96.3 Å². The van der Waals surface area contributed by atoms with Crippen LogP contribution in [0.15, 0.2) is 0 Å². The molecule has 4 nitrogen and oxygen atoms in total. The van der Waals surface area contributed by atoms with Crippen molar-refractivity contribution in [1.29, 1.82) is 0 Å². The monoisotopic (exact) mass is 233 g/mol. The molecule has 0 aliphatic heterocycles. The summed E-state index contributed by atoms with van der Waals surface area (Å²) in [5.41, 5.74) is 0. The van der Waals surface area contributed by atoms with E-state index in [0.29, 0.717) is 19.1 Å². The first kappa shape index (κ1) is 14.2. The average molecular weight is 233 g/mol. The molecule has 15 heavy (non-hydrogen) atoms. The van der Waals surface area contributed by atoms with Gasteiger partial charge in [-0.15, -0.1) is 0 Å². The van der Waals surface area contributed by atoms with Crippen LogP contribution in [-0.2, 0) is 9.47 Å². The average Bonchev–Trinajstić information content (AvgIpc) is 2.15. The molecule has 0 aliphatic rings. The van der Waals surface area contributed by atoms with Gasteiger partial charge in [-0.25, -0.2) is 4.79 Å². The van der Waals surface area contributed by atoms with Crippen LogP contribution >= 0.6 is 12.2 Å². The first-order valence-electron chi connectivity index (χ1n) is 5.16. The molecular weight excluding hydrogens is 214 g/mol. The van der Waals surface area contributed by atoms with Gasteiger partial charge in [0.05, 0.1) is 13.2 Å². The lowest BCUT2D eigenvalue weighted by atomic mass is 10.2. The quantitative estimate of drug-likeness (QED) is 0.585. The van der Waals surface area contributed by atoms with Gasteiger partial charge in [0.2, 0.25) is 0 Å². The zero-order valence-corrected chi connectivity index (χ0v) is 10.4. The maximum absolute atomic E-state index is 11.1. The van der Waals surface area contributed by atoms with E-state index >= 15 is 0 Å². The van der Waals surface area contributed by atoms with Crippen molar-refractivity contribution < 1.29 is 14.3 Å². The summed E-state index contributed by atoms with van der Waals surface area (Å²) >= 11 is 4.79. The van der Waals surface area contributed by atoms with Crippen molar-refractivity contribution in [1.82, 2.24) is 5.32 Å². The maximum atomic E-state index is 11.1. The molecule has 0 aromatic carbocycles. The minimum atomic E-state index is -0.544. The third-order valence-corrected chi connectivity index (χ3v) is 1.70. The van der Waals surface area contributed by atoms with E-state index in [1.165, 1.54) is 0 Å². The second kappa shape index (κ2) is 8.47. The Morgan fingerprint density at radius 3 is 2.60 bits per heavy atom. The van der Waals surface area contributed by atoms with Gasteiger partial charge in [-0.3, -0.25) is 5.32 Å². The lowest BCUT2D eigenvalue weighted by Gasteiger charge is -2.10. The summed E-state index contributed by atoms with van der Waals surface area (Å²) in [6, 6.07) is 0. The normalized spacial score (nSPS) is 9.87. The molecular formula is C10H19NO3S. The molecule has 0 saturated heterocycles. The van der Waals surface area contributed by atoms with Gasteiger partial charge >= 0.3 is 6.09 Å². The van der Waals surface area contributed by atoms with Crippen molar-refractivity contribution in [2.24, 2.45) is 5.92 Å². The molecule has 0 spiro atoms. The van der Waals surface area contributed by atoms with Gasteiger partial charge in [-0.1, -0.05) is 27.2 Å². The Hall–Kier alpha value is -0.840. The molecule has 0 heterocycles. The zero-order chi connectivity index (χ0) is 11.7. The lowest BCUT2D eigenvalue weighted by Crippen LogP contribution is -2.32. The van der Waals surface area contributed by atoms with E-state index in [0.717, 1.165) is 12.8 Å². The zero-order valence-electron chi connectivity index (χ0n) is 9.54. The highest BCUT2D eigenvalue weighted by molar-refractivity contribution is 7.80. The number of nitrogens with one attached hydrogen (secondary N) is 1. The summed E-state index contributed by atoms with van der Waals surface area (Å²) < 4.78 is 9.94. The Morgan fingerprint density at radius 2 is 2.07 bits per heavy atom. The van der Waals surface area contributed by atoms with E-state index in [1.807, 2.05) is 20.8 Å². The first-order chi connectivity index (χ1) is 7.06. The summed E-state index contributed by atoms with van der Waals surface area (Å²) in [5, 5.41) is 2.42. The van der Waals surface area contributed by atoms with E-state index < -0.39 is 6.09 Å². The number of rotatable bonds is 5. The smallest absolute Gasteiger partial charge is 0.414 e. The molecule has 0 atom stereocenters. The first-order valence-corrected chi connectivity index (χ1v) is 5.57. The van der Waals surface area contributed by atoms with Crippen molar-refractivity contribution >= 4 is 23.5 Å². The number of carbonyl (C=O) groups is 1. The number of hydrogen-bond acceptors (Lipinski definition) is 4. The van der Waals surface area contributed by atoms with Crippen molar-refractivity contribution in [3.63, 3.8) is 0 Å². The fourth-order valence-electron chi connectivity index (χ4n) is 0.707. The Kier molecular flexibility index (Phi) is 7.99. The van der Waals surface area contributed by atoms with Crippen LogP contribution in [0.1, 0.15) is 33.6 Å². The largest absolute Gasteiger partial charge is 0.470 e. The molecule has 0 rings (SSSR count). The number of ether oxygens (including phenoxy) is 2. The number of thiocarbonyl (C=S) groups is 1. The second-order valence-corrected chi connectivity index (χ2v) is 3.98. The van der Waals surface area contributed by atoms with E-state index in [4.69, 9.17) is 21.7 Å². The number of alkyl carbamates (subject to hydrolysis) is 1. The Bertz CT molecular complexity index is 207. The van der Waals surface area contributed by atoms with Crippen LogP contribution in [0.2, 0.25) is 0 Å². The van der Waals surface area contributed by atoms with E-state index in [-0.39, 0.29) is 5.17 Å². The standard InChI is InChI=1S/C10H19NO3S/c1-4-5-6-13-9(12)11-10(15)14-7-8(2)3/h8H,4-7H2,1-3H3,(H,11,12,15). The predicted molar refractivity (Wildman–Crippen MR) is 62.8 cm³/mol. The highest BCUT2D eigenvalue weighted by Crippen LogP contribution is 1.93. The summed E-state index contributed by atoms with van der Waals surface area (Å²) in [6.45, 7) is 6.94. The fraction of sp³-hybridized carbons (Fsp3) is 0.800. The molecule has 88 valence electrons. The molecule has 5 heteroatoms. The topological polar surface area (TPSA) is 47.6 Å². The predicted octanol–water partition coefficient (Wildman–Crippen LogP) is 2.47. The molecule has 0 bridgehead atoms. The van der Waals surface area contributed by atoms with Crippen molar-refractivity contribution in [2.75, 3.05) is 13.2 Å². The minimum absolute atomic E-state index is 0.0743. The fourth-order valence-corrected chi connectivity index (χ4v) is 0.858. The van der Waals surface area contributed by atoms with Crippen LogP contribution in [0.5, 0.6) is 0 Å². The SMILES string of the molecule is CCCCOC(=O)NC(=S)OCC(C)C. The van der Waals surface area contributed by atoms with Crippen LogP contribution in [0.4, 0.5) is 4.79 Å². The van der Waals surface area contributed by atoms with Gasteiger partial charge in [0.15, 0.2) is 0 Å². The van der Waals surface area contributed by atoms with Crippen molar-refractivity contribution in [2.45, 2.75) is 33.6 Å². The van der Waals surface area contributed by atoms with Crippen LogP contribution in [0.3, 0.4) is 0 Å². The summed E-state index contributed by atoms with van der Waals surface area (Å²) in [5.74, 6) is 0.376. The van der Waals surface area contributed by atoms with Crippen LogP contribution in [0.25, 0.3) is 0 Å². The Morgan fingerprint density at radius 1 is 1.40 bits per heavy atom. The minimum Gasteiger partial charge on any atom is -0.470 e. The molecule has 0 unspecified atom stereocenters. The number of carbonyl (C=O) groups excluding carboxylic acids is 1. The molecule has 0 aromatic heterocycles. The molecule has 0 aliphatic carbocycles. The third-order valence-electron chi connectivity index (χ3n) is 1.48. The second-order valence-electron chi connectivity index (χ2n) is 3.61. The molecule has 1 amide bonds. The summed E-state index contributed by atoms with van der Waals surface area (Å²) in [4.78, 5) is 11.1. The van der Waals surface area contributed by atoms with Crippen molar-refractivity contribution in [3.8, 4) is 0 Å². The van der Waals surface area contributed by atoms with Gasteiger partial charge in [-0.05, 0) is 24.6 Å². The van der Waals surface area contributed by atoms with Crippen LogP contribution in [-0.4, -0.2) is 24.5 Å². The van der Waals surface area contributed by atoms with Crippen LogP contribution < -0.4 is 5.32 Å². The highest BCUT2D eigenvalue weighted by Gasteiger charge is 2.06. The molecule has 1 N–H and O–H groups in total. The number of amides is 1. The summed E-state index contributed by atoms with van der Waals surface area (Å²) in [6.07, 6.45) is 1.30. The van der Waals surface area contributed by atoms with Gasteiger partial charge in [0, 0.05) is 0 Å². The van der Waals surface area contributed by atoms with Crippen molar-refractivity contribution in [3.05, 3.63) is 0 Å². The maximum Gasteiger partial charge on any atom is 0.414 e. The summed E-state index contributed by atoms with van der Waals surface area (Å²) in [7, 11) is 0. The molecule has 0 saturated carbocycles. The van der Waals surface area contributed by atoms with Crippen LogP contribution in [0, 0.1) is 5.92 Å². The van der Waals surface area contributed by atoms with Gasteiger partial charge < -0.3 is 9.47 Å². The number of hydrogen-bond donors (Lipinski definition) is 1. The van der Waals surface area contributed by atoms with Gasteiger partial charge in [0.25, 0.3) is 5.17 Å². The lowest BCUT2D eigenvalue weighted by molar-refractivity contribution is 0.146. The van der Waals surface area contributed by atoms with E-state index in [9.17, 15) is 4.79 Å². The van der Waals surface area contributed by atoms with Gasteiger partial charge in [0.1, 0.15) is 0 Å². The highest BCUT2D eigenvalue weighted by atomic mass is 32.1. The van der Waals surface area contributed by atoms with E-state index in [2.05, 4.69) is 5.32 Å².